The molecule has 2 aromatic carbocycles. The van der Waals surface area contributed by atoms with Gasteiger partial charge in [0.1, 0.15) is 5.75 Å². The Morgan fingerprint density at radius 3 is 2.88 bits per heavy atom. The van der Waals surface area contributed by atoms with Crippen LogP contribution >= 0.6 is 0 Å². The van der Waals surface area contributed by atoms with E-state index >= 15 is 0 Å². The number of methoxy groups -OCH3 is 1. The van der Waals surface area contributed by atoms with E-state index in [1.807, 2.05) is 42.5 Å². The number of hydrogen-bond acceptors (Lipinski definition) is 3. The van der Waals surface area contributed by atoms with E-state index in [2.05, 4.69) is 21.6 Å². The molecule has 0 radical (unpaired) electrons. The first-order chi connectivity index (χ1) is 12.2. The monoisotopic (exact) mass is 334 g/mol. The molecule has 2 N–H and O–H groups in total. The zero-order chi connectivity index (χ0) is 17.2. The van der Waals surface area contributed by atoms with Gasteiger partial charge in [0.15, 0.2) is 0 Å². The average molecular weight is 334 g/mol. The summed E-state index contributed by atoms with van der Waals surface area (Å²) in [5, 5.41) is 10.8. The molecule has 2 heterocycles. The first-order valence-electron chi connectivity index (χ1n) is 8.05. The third kappa shape index (κ3) is 3.06. The van der Waals surface area contributed by atoms with Crippen LogP contribution in [0.1, 0.15) is 5.56 Å². The highest BCUT2D eigenvalue weighted by atomic mass is 16.5. The zero-order valence-electron chi connectivity index (χ0n) is 13.8. The van der Waals surface area contributed by atoms with Gasteiger partial charge in [0.25, 0.3) is 0 Å². The van der Waals surface area contributed by atoms with Gasteiger partial charge in [0, 0.05) is 24.2 Å². The number of urea groups is 1. The second kappa shape index (κ2) is 6.32. The van der Waals surface area contributed by atoms with E-state index in [1.54, 1.807) is 18.2 Å². The number of hydrogen-bond donors (Lipinski definition) is 2. The standard InChI is InChI=1S/C19H18N4O2/c1-25-17-5-2-13(3-6-17)14-8-9-23(12-14)19(24)21-16-4-7-18-15(10-16)11-20-22-18/h2-8,10-11H,9,12H2,1H3,(H,20,22)(H,21,24). The molecule has 1 aliphatic rings. The molecule has 3 aromatic rings. The molecular weight excluding hydrogens is 316 g/mol. The van der Waals surface area contributed by atoms with E-state index in [0.717, 1.165) is 33.5 Å². The number of aromatic amines is 1. The largest absolute Gasteiger partial charge is 0.497 e. The van der Waals surface area contributed by atoms with Crippen molar-refractivity contribution in [1.29, 1.82) is 0 Å². The van der Waals surface area contributed by atoms with Crippen LogP contribution in [0.4, 0.5) is 10.5 Å². The van der Waals surface area contributed by atoms with Crippen molar-refractivity contribution < 1.29 is 9.53 Å². The van der Waals surface area contributed by atoms with Gasteiger partial charge in [-0.25, -0.2) is 4.79 Å². The van der Waals surface area contributed by atoms with E-state index in [9.17, 15) is 4.79 Å². The fourth-order valence-electron chi connectivity index (χ4n) is 2.95. The molecule has 0 atom stereocenters. The highest BCUT2D eigenvalue weighted by Gasteiger charge is 2.20. The van der Waals surface area contributed by atoms with Gasteiger partial charge < -0.3 is 15.0 Å². The molecule has 0 saturated carbocycles. The predicted molar refractivity (Wildman–Crippen MR) is 97.7 cm³/mol. The first-order valence-corrected chi connectivity index (χ1v) is 8.05. The van der Waals surface area contributed by atoms with Crippen molar-refractivity contribution in [3.8, 4) is 5.75 Å². The normalized spacial score (nSPS) is 13.8. The van der Waals surface area contributed by atoms with Gasteiger partial charge in [-0.3, -0.25) is 5.10 Å². The van der Waals surface area contributed by atoms with Gasteiger partial charge in [-0.15, -0.1) is 0 Å². The van der Waals surface area contributed by atoms with Crippen molar-refractivity contribution in [2.24, 2.45) is 0 Å². The van der Waals surface area contributed by atoms with Gasteiger partial charge in [0.2, 0.25) is 0 Å². The van der Waals surface area contributed by atoms with Gasteiger partial charge in [0.05, 0.1) is 18.8 Å². The smallest absolute Gasteiger partial charge is 0.322 e. The maximum Gasteiger partial charge on any atom is 0.322 e. The third-order valence-electron chi connectivity index (χ3n) is 4.36. The second-order valence-corrected chi connectivity index (χ2v) is 5.94. The lowest BCUT2D eigenvalue weighted by atomic mass is 10.1. The van der Waals surface area contributed by atoms with E-state index in [1.165, 1.54) is 0 Å². The quantitative estimate of drug-likeness (QED) is 0.770. The Balaban J connectivity index is 1.41. The predicted octanol–water partition coefficient (Wildman–Crippen LogP) is 3.50. The number of anilines is 1. The van der Waals surface area contributed by atoms with Crippen molar-refractivity contribution in [2.75, 3.05) is 25.5 Å². The maximum absolute atomic E-state index is 12.5. The summed E-state index contributed by atoms with van der Waals surface area (Å²) in [6, 6.07) is 13.5. The Hall–Kier alpha value is -3.28. The number of fused-ring (bicyclic) bond motifs is 1. The molecule has 0 saturated heterocycles. The summed E-state index contributed by atoms with van der Waals surface area (Å²) < 4.78 is 5.18. The van der Waals surface area contributed by atoms with Crippen LogP contribution in [0, 0.1) is 0 Å². The van der Waals surface area contributed by atoms with Crippen LogP contribution in [0.5, 0.6) is 5.75 Å². The number of H-pyrrole nitrogens is 1. The molecule has 0 bridgehead atoms. The number of carbonyl (C=O) groups excluding carboxylic acids is 1. The molecular formula is C19H18N4O2. The molecule has 6 heteroatoms. The Bertz CT molecular complexity index is 943. The van der Waals surface area contributed by atoms with Crippen LogP contribution in [0.2, 0.25) is 0 Å². The summed E-state index contributed by atoms with van der Waals surface area (Å²) in [7, 11) is 1.65. The van der Waals surface area contributed by atoms with Crippen molar-refractivity contribution in [3.63, 3.8) is 0 Å². The lowest BCUT2D eigenvalue weighted by Crippen LogP contribution is -2.33. The summed E-state index contributed by atoms with van der Waals surface area (Å²) in [6.45, 7) is 1.19. The minimum atomic E-state index is -0.109. The van der Waals surface area contributed by atoms with Crippen LogP contribution in [0.15, 0.2) is 54.7 Å². The molecule has 126 valence electrons. The Morgan fingerprint density at radius 2 is 2.08 bits per heavy atom. The molecule has 0 aliphatic carbocycles. The lowest BCUT2D eigenvalue weighted by Gasteiger charge is -2.17. The Labute approximate surface area is 145 Å². The first kappa shape index (κ1) is 15.3. The number of aromatic nitrogens is 2. The van der Waals surface area contributed by atoms with Crippen LogP contribution < -0.4 is 10.1 Å². The van der Waals surface area contributed by atoms with Crippen LogP contribution in [-0.4, -0.2) is 41.3 Å². The Morgan fingerprint density at radius 1 is 1.24 bits per heavy atom. The number of carbonyl (C=O) groups is 1. The molecule has 1 aromatic heterocycles. The average Bonchev–Trinajstić information content (AvgIpc) is 3.31. The van der Waals surface area contributed by atoms with Gasteiger partial charge in [-0.05, 0) is 41.5 Å². The summed E-state index contributed by atoms with van der Waals surface area (Å²) in [6.07, 6.45) is 3.82. The minimum absolute atomic E-state index is 0.109. The van der Waals surface area contributed by atoms with Crippen molar-refractivity contribution in [1.82, 2.24) is 15.1 Å². The molecule has 4 rings (SSSR count). The van der Waals surface area contributed by atoms with Crippen molar-refractivity contribution in [3.05, 3.63) is 60.3 Å². The summed E-state index contributed by atoms with van der Waals surface area (Å²) in [5.41, 5.74) is 3.96. The second-order valence-electron chi connectivity index (χ2n) is 5.94. The van der Waals surface area contributed by atoms with E-state index in [0.29, 0.717) is 13.1 Å². The summed E-state index contributed by atoms with van der Waals surface area (Å²) >= 11 is 0. The van der Waals surface area contributed by atoms with Crippen molar-refractivity contribution in [2.45, 2.75) is 0 Å². The number of benzene rings is 2. The summed E-state index contributed by atoms with van der Waals surface area (Å²) in [5.74, 6) is 0.826. The van der Waals surface area contributed by atoms with Crippen LogP contribution in [-0.2, 0) is 0 Å². The number of rotatable bonds is 3. The molecule has 25 heavy (non-hydrogen) atoms. The molecule has 6 nitrogen and oxygen atoms in total. The molecule has 0 unspecified atom stereocenters. The zero-order valence-corrected chi connectivity index (χ0v) is 13.8. The number of ether oxygens (including phenoxy) is 1. The fraction of sp³-hybridized carbons (Fsp3) is 0.158. The topological polar surface area (TPSA) is 70.2 Å². The third-order valence-corrected chi connectivity index (χ3v) is 4.36. The van der Waals surface area contributed by atoms with Gasteiger partial charge in [-0.1, -0.05) is 18.2 Å². The molecule has 2 amide bonds. The fourth-order valence-corrected chi connectivity index (χ4v) is 2.95. The summed E-state index contributed by atoms with van der Waals surface area (Å²) in [4.78, 5) is 14.3. The number of nitrogens with one attached hydrogen (secondary N) is 2. The number of amides is 2. The molecule has 0 spiro atoms. The maximum atomic E-state index is 12.5. The van der Waals surface area contributed by atoms with Gasteiger partial charge in [-0.2, -0.15) is 5.10 Å². The van der Waals surface area contributed by atoms with Crippen LogP contribution in [0.25, 0.3) is 16.5 Å². The van der Waals surface area contributed by atoms with Crippen molar-refractivity contribution >= 4 is 28.2 Å². The lowest BCUT2D eigenvalue weighted by molar-refractivity contribution is 0.225. The van der Waals surface area contributed by atoms with E-state index in [4.69, 9.17) is 4.74 Å². The molecule has 1 aliphatic heterocycles. The number of nitrogens with zero attached hydrogens (tertiary/aromatic N) is 2. The van der Waals surface area contributed by atoms with Gasteiger partial charge >= 0.3 is 6.03 Å². The van der Waals surface area contributed by atoms with Crippen LogP contribution in [0.3, 0.4) is 0 Å². The minimum Gasteiger partial charge on any atom is -0.497 e. The van der Waals surface area contributed by atoms with E-state index in [-0.39, 0.29) is 6.03 Å². The highest BCUT2D eigenvalue weighted by Crippen LogP contribution is 2.24. The highest BCUT2D eigenvalue weighted by molar-refractivity contribution is 5.94. The SMILES string of the molecule is COc1ccc(C2=CCN(C(=O)Nc3ccc4[nH]ncc4c3)C2)cc1. The van der Waals surface area contributed by atoms with E-state index < -0.39 is 0 Å². The Kier molecular flexibility index (Phi) is 3.85. The molecule has 0 fully saturated rings.